The van der Waals surface area contributed by atoms with Gasteiger partial charge in [0.25, 0.3) is 0 Å². The molecule has 0 unspecified atom stereocenters. The van der Waals surface area contributed by atoms with Crippen LogP contribution < -0.4 is 14.0 Å². The summed E-state index contributed by atoms with van der Waals surface area (Å²) in [5.41, 5.74) is 4.45. The predicted octanol–water partition coefficient (Wildman–Crippen LogP) is 4.66. The van der Waals surface area contributed by atoms with E-state index in [9.17, 15) is 0 Å². The Bertz CT molecular complexity index is 1060. The maximum Gasteiger partial charge on any atom is 0.233 e. The van der Waals surface area contributed by atoms with E-state index in [1.165, 1.54) is 5.56 Å². The number of para-hydroxylation sites is 1. The van der Waals surface area contributed by atoms with Gasteiger partial charge < -0.3 is 9.47 Å². The minimum absolute atomic E-state index is 0.236. The highest BCUT2D eigenvalue weighted by atomic mass is 35.5. The standard InChI is InChI=1S/C21H15ClNO2/c22-17-11-20-19(24-13-25-20)10-16-15-8-4-5-9-18(15)23(21(16)17)12-14-6-2-1-3-7-14/h1-11H,12-13H2/q+1. The van der Waals surface area contributed by atoms with Gasteiger partial charge in [-0.1, -0.05) is 54.1 Å². The third kappa shape index (κ3) is 2.31. The molecule has 0 amide bonds. The fourth-order valence-electron chi connectivity index (χ4n) is 3.50. The number of rotatable bonds is 2. The van der Waals surface area contributed by atoms with Crippen LogP contribution in [0, 0.1) is 0 Å². The lowest BCUT2D eigenvalue weighted by Gasteiger charge is -2.00. The summed E-state index contributed by atoms with van der Waals surface area (Å²) in [4.78, 5) is 0. The third-order valence-electron chi connectivity index (χ3n) is 4.62. The molecule has 122 valence electrons. The van der Waals surface area contributed by atoms with Gasteiger partial charge in [-0.3, -0.25) is 0 Å². The predicted molar refractivity (Wildman–Crippen MR) is 97.4 cm³/mol. The summed E-state index contributed by atoms with van der Waals surface area (Å²) >= 11 is 6.71. The van der Waals surface area contributed by atoms with Crippen molar-refractivity contribution in [3.8, 4) is 22.8 Å². The molecule has 25 heavy (non-hydrogen) atoms. The molecule has 0 fully saturated rings. The van der Waals surface area contributed by atoms with Crippen LogP contribution in [0.1, 0.15) is 5.56 Å². The Morgan fingerprint density at radius 2 is 1.60 bits per heavy atom. The average Bonchev–Trinajstić information content (AvgIpc) is 3.16. The number of ether oxygens (including phenoxy) is 2. The van der Waals surface area contributed by atoms with Gasteiger partial charge in [0, 0.05) is 17.7 Å². The van der Waals surface area contributed by atoms with E-state index in [1.807, 2.05) is 24.3 Å². The van der Waals surface area contributed by atoms with Crippen molar-refractivity contribution in [2.45, 2.75) is 6.54 Å². The Kier molecular flexibility index (Phi) is 3.28. The Balaban J connectivity index is 1.83. The van der Waals surface area contributed by atoms with E-state index < -0.39 is 0 Å². The zero-order valence-corrected chi connectivity index (χ0v) is 14.2. The van der Waals surface area contributed by atoms with E-state index in [4.69, 9.17) is 21.1 Å². The van der Waals surface area contributed by atoms with E-state index in [-0.39, 0.29) is 6.79 Å². The molecule has 1 aliphatic carbocycles. The molecular formula is C21H15ClNO2+. The zero-order valence-electron chi connectivity index (χ0n) is 13.4. The van der Waals surface area contributed by atoms with Crippen molar-refractivity contribution in [1.82, 2.24) is 0 Å². The normalized spacial score (nSPS) is 12.8. The van der Waals surface area contributed by atoms with Crippen molar-refractivity contribution in [2.24, 2.45) is 0 Å². The van der Waals surface area contributed by atoms with Gasteiger partial charge in [0.2, 0.25) is 18.0 Å². The first kappa shape index (κ1) is 14.6. The minimum atomic E-state index is 0.236. The van der Waals surface area contributed by atoms with Crippen LogP contribution in [0.3, 0.4) is 0 Å². The fraction of sp³-hybridized carbons (Fsp3) is 0.0952. The lowest BCUT2D eigenvalue weighted by molar-refractivity contribution is -0.649. The molecule has 0 saturated heterocycles. The molecule has 0 atom stereocenters. The molecule has 5 rings (SSSR count). The second-order valence-electron chi connectivity index (χ2n) is 6.12. The Morgan fingerprint density at radius 1 is 0.880 bits per heavy atom. The molecular weight excluding hydrogens is 334 g/mol. The van der Waals surface area contributed by atoms with Gasteiger partial charge in [-0.05, 0) is 12.1 Å². The Hall–Kier alpha value is -2.78. The summed E-state index contributed by atoms with van der Waals surface area (Å²) in [7, 11) is 0. The van der Waals surface area contributed by atoms with Gasteiger partial charge >= 0.3 is 0 Å². The third-order valence-corrected chi connectivity index (χ3v) is 4.91. The fourth-order valence-corrected chi connectivity index (χ4v) is 3.81. The quantitative estimate of drug-likeness (QED) is 0.491. The van der Waals surface area contributed by atoms with Gasteiger partial charge in [0.1, 0.15) is 5.02 Å². The van der Waals surface area contributed by atoms with E-state index >= 15 is 0 Å². The smallest absolute Gasteiger partial charge is 0.233 e. The maximum absolute atomic E-state index is 6.71. The van der Waals surface area contributed by atoms with Crippen LogP contribution >= 0.6 is 11.6 Å². The summed E-state index contributed by atoms with van der Waals surface area (Å²) < 4.78 is 13.4. The number of hydrogen-bond donors (Lipinski definition) is 0. The molecule has 0 N–H and O–H groups in total. The topological polar surface area (TPSA) is 22.3 Å². The average molecular weight is 349 g/mol. The van der Waals surface area contributed by atoms with E-state index in [2.05, 4.69) is 47.0 Å². The number of halogens is 1. The molecule has 0 spiro atoms. The molecule has 0 bridgehead atoms. The highest BCUT2D eigenvalue weighted by Gasteiger charge is 2.30. The number of hydrogen-bond acceptors (Lipinski definition) is 2. The summed E-state index contributed by atoms with van der Waals surface area (Å²) in [6, 6.07) is 22.6. The Labute approximate surface area is 150 Å². The van der Waals surface area contributed by atoms with E-state index in [0.717, 1.165) is 34.5 Å². The molecule has 3 nitrogen and oxygen atoms in total. The van der Waals surface area contributed by atoms with Crippen molar-refractivity contribution in [3.05, 3.63) is 77.3 Å². The SMILES string of the molecule is Clc1cc2c(cc3c4ccccc4[n+](Cc4ccccc4)c1-3)OCO2. The largest absolute Gasteiger partial charge is 0.454 e. The van der Waals surface area contributed by atoms with E-state index in [0.29, 0.717) is 10.8 Å². The second-order valence-corrected chi connectivity index (χ2v) is 6.53. The molecule has 2 aromatic rings. The molecule has 0 saturated carbocycles. The second kappa shape index (κ2) is 5.64. The van der Waals surface area contributed by atoms with Crippen molar-refractivity contribution in [3.63, 3.8) is 0 Å². The highest BCUT2D eigenvalue weighted by molar-refractivity contribution is 6.33. The monoisotopic (exact) mass is 348 g/mol. The van der Waals surface area contributed by atoms with Gasteiger partial charge in [-0.25, -0.2) is 0 Å². The highest BCUT2D eigenvalue weighted by Crippen LogP contribution is 2.42. The van der Waals surface area contributed by atoms with E-state index in [1.54, 1.807) is 0 Å². The molecule has 4 heteroatoms. The van der Waals surface area contributed by atoms with Crippen molar-refractivity contribution in [2.75, 3.05) is 6.79 Å². The van der Waals surface area contributed by atoms with Crippen LogP contribution in [-0.2, 0) is 6.54 Å². The number of fused-ring (bicyclic) bond motifs is 4. The molecule has 2 aromatic carbocycles. The van der Waals surface area contributed by atoms with Gasteiger partial charge in [0.15, 0.2) is 18.0 Å². The number of benzene rings is 2. The Morgan fingerprint density at radius 3 is 2.44 bits per heavy atom. The van der Waals surface area contributed by atoms with Crippen LogP contribution in [0.4, 0.5) is 0 Å². The molecule has 2 heterocycles. The minimum Gasteiger partial charge on any atom is -0.454 e. The lowest BCUT2D eigenvalue weighted by atomic mass is 10.1. The van der Waals surface area contributed by atoms with Gasteiger partial charge in [-0.15, -0.1) is 0 Å². The first-order chi connectivity index (χ1) is 12.3. The molecule has 0 aromatic heterocycles. The molecule has 2 aliphatic heterocycles. The van der Waals surface area contributed by atoms with Gasteiger partial charge in [-0.2, -0.15) is 4.57 Å². The maximum atomic E-state index is 6.71. The summed E-state index contributed by atoms with van der Waals surface area (Å²) in [5, 5.41) is 1.82. The van der Waals surface area contributed by atoms with Crippen molar-refractivity contribution < 1.29 is 14.0 Å². The van der Waals surface area contributed by atoms with Crippen LogP contribution in [0.15, 0.2) is 66.7 Å². The van der Waals surface area contributed by atoms with Crippen LogP contribution in [0.2, 0.25) is 5.02 Å². The van der Waals surface area contributed by atoms with Crippen molar-refractivity contribution in [1.29, 1.82) is 0 Å². The summed E-state index contributed by atoms with van der Waals surface area (Å²) in [5.74, 6) is 1.43. The summed E-state index contributed by atoms with van der Waals surface area (Å²) in [6.07, 6.45) is 0. The van der Waals surface area contributed by atoms with Crippen molar-refractivity contribution >= 4 is 22.5 Å². The van der Waals surface area contributed by atoms with Crippen LogP contribution in [-0.4, -0.2) is 6.79 Å². The number of aromatic nitrogens is 1. The summed E-state index contributed by atoms with van der Waals surface area (Å²) in [6.45, 7) is 0.987. The van der Waals surface area contributed by atoms with Crippen LogP contribution in [0.25, 0.3) is 22.2 Å². The lowest BCUT2D eigenvalue weighted by Crippen LogP contribution is -2.34. The first-order valence-electron chi connectivity index (χ1n) is 8.18. The number of nitrogens with zero attached hydrogens (tertiary/aromatic N) is 1. The van der Waals surface area contributed by atoms with Crippen LogP contribution in [0.5, 0.6) is 11.5 Å². The molecule has 3 aliphatic rings. The zero-order chi connectivity index (χ0) is 16.8. The molecule has 0 radical (unpaired) electrons. The van der Waals surface area contributed by atoms with Gasteiger partial charge in [0.05, 0.1) is 10.9 Å². The first-order valence-corrected chi connectivity index (χ1v) is 8.56.